The molecule has 2 heterocycles. The Kier molecular flexibility index (Phi) is 5.53. The Labute approximate surface area is 178 Å². The van der Waals surface area contributed by atoms with Crippen molar-refractivity contribution in [2.45, 2.75) is 26.3 Å². The van der Waals surface area contributed by atoms with Crippen molar-refractivity contribution < 1.29 is 9.53 Å². The number of hydrogen-bond donors (Lipinski definition) is 2. The second-order valence-corrected chi connectivity index (χ2v) is 7.48. The van der Waals surface area contributed by atoms with E-state index in [4.69, 9.17) is 4.74 Å². The summed E-state index contributed by atoms with van der Waals surface area (Å²) < 4.78 is 6.73. The summed E-state index contributed by atoms with van der Waals surface area (Å²) >= 11 is 0. The lowest BCUT2D eigenvalue weighted by Crippen LogP contribution is -2.25. The van der Waals surface area contributed by atoms with Gasteiger partial charge in [-0.1, -0.05) is 30.3 Å². The smallest absolute Gasteiger partial charge is 0.260 e. The van der Waals surface area contributed by atoms with E-state index in [1.54, 1.807) is 42.1 Å². The molecule has 0 radical (unpaired) electrons. The number of carbonyl (C=O) groups excluding carboxylic acids is 1. The molecule has 0 spiro atoms. The maximum atomic E-state index is 13.0. The highest BCUT2D eigenvalue weighted by Gasteiger charge is 2.17. The Morgan fingerprint density at radius 3 is 2.52 bits per heavy atom. The van der Waals surface area contributed by atoms with Crippen LogP contribution in [0.2, 0.25) is 0 Å². The number of rotatable bonds is 6. The molecule has 0 bridgehead atoms. The Hall–Kier alpha value is -3.94. The standard InChI is InChI=1S/C23H23N5O3/c1-14(2)28-13-19(17-6-4-5-7-18(17)22(28)30)21(29)25-23-24-20(26-27-23)12-15-8-10-16(31-3)11-9-15/h4-11,13-14H,12H2,1-3H3,(H2,24,25,26,27,29). The van der Waals surface area contributed by atoms with Crippen LogP contribution in [0.1, 0.15) is 41.6 Å². The fourth-order valence-corrected chi connectivity index (χ4v) is 3.41. The van der Waals surface area contributed by atoms with Gasteiger partial charge < -0.3 is 9.30 Å². The van der Waals surface area contributed by atoms with Crippen LogP contribution in [0.5, 0.6) is 5.75 Å². The highest BCUT2D eigenvalue weighted by molar-refractivity contribution is 6.12. The van der Waals surface area contributed by atoms with Gasteiger partial charge in [-0.2, -0.15) is 4.98 Å². The first-order chi connectivity index (χ1) is 15.0. The molecule has 2 aromatic heterocycles. The molecular formula is C23H23N5O3. The number of pyridine rings is 1. The van der Waals surface area contributed by atoms with E-state index in [-0.39, 0.29) is 23.5 Å². The molecule has 2 N–H and O–H groups in total. The predicted molar refractivity (Wildman–Crippen MR) is 119 cm³/mol. The van der Waals surface area contributed by atoms with E-state index in [2.05, 4.69) is 20.5 Å². The third-order valence-corrected chi connectivity index (χ3v) is 5.04. The molecule has 0 aliphatic heterocycles. The quantitative estimate of drug-likeness (QED) is 0.500. The van der Waals surface area contributed by atoms with Crippen molar-refractivity contribution in [3.05, 3.63) is 82.0 Å². The minimum absolute atomic E-state index is 0.0803. The topological polar surface area (TPSA) is 102 Å². The van der Waals surface area contributed by atoms with Gasteiger partial charge in [0.2, 0.25) is 5.95 Å². The van der Waals surface area contributed by atoms with Crippen LogP contribution in [0, 0.1) is 0 Å². The number of aromatic nitrogens is 4. The van der Waals surface area contributed by atoms with E-state index < -0.39 is 0 Å². The van der Waals surface area contributed by atoms with Gasteiger partial charge in [0, 0.05) is 29.4 Å². The van der Waals surface area contributed by atoms with E-state index in [9.17, 15) is 9.59 Å². The third kappa shape index (κ3) is 4.18. The summed E-state index contributed by atoms with van der Waals surface area (Å²) in [6, 6.07) is 14.7. The Bertz CT molecular complexity index is 1290. The second-order valence-electron chi connectivity index (χ2n) is 7.48. The summed E-state index contributed by atoms with van der Waals surface area (Å²) in [5.74, 6) is 1.21. The average Bonchev–Trinajstić information content (AvgIpc) is 3.21. The highest BCUT2D eigenvalue weighted by atomic mass is 16.5. The minimum atomic E-state index is -0.374. The Balaban J connectivity index is 1.58. The van der Waals surface area contributed by atoms with Crippen molar-refractivity contribution in [1.82, 2.24) is 19.7 Å². The van der Waals surface area contributed by atoms with Crippen LogP contribution < -0.4 is 15.6 Å². The number of anilines is 1. The Morgan fingerprint density at radius 1 is 1.13 bits per heavy atom. The molecule has 2 aromatic carbocycles. The van der Waals surface area contributed by atoms with Crippen LogP contribution in [-0.2, 0) is 6.42 Å². The van der Waals surface area contributed by atoms with Gasteiger partial charge in [0.25, 0.3) is 11.5 Å². The molecule has 1 amide bonds. The average molecular weight is 417 g/mol. The number of amides is 1. The lowest BCUT2D eigenvalue weighted by atomic mass is 10.1. The largest absolute Gasteiger partial charge is 0.497 e. The molecule has 0 unspecified atom stereocenters. The molecule has 0 fully saturated rings. The zero-order valence-electron chi connectivity index (χ0n) is 17.5. The zero-order chi connectivity index (χ0) is 22.0. The first kappa shape index (κ1) is 20.3. The third-order valence-electron chi connectivity index (χ3n) is 5.04. The maximum Gasteiger partial charge on any atom is 0.260 e. The van der Waals surface area contributed by atoms with Gasteiger partial charge in [0.15, 0.2) is 0 Å². The molecule has 8 nitrogen and oxygen atoms in total. The van der Waals surface area contributed by atoms with E-state index in [1.807, 2.05) is 38.1 Å². The number of fused-ring (bicyclic) bond motifs is 1. The number of aromatic amines is 1. The number of hydrogen-bond acceptors (Lipinski definition) is 5. The highest BCUT2D eigenvalue weighted by Crippen LogP contribution is 2.19. The number of carbonyl (C=O) groups is 1. The van der Waals surface area contributed by atoms with Gasteiger partial charge >= 0.3 is 0 Å². The van der Waals surface area contributed by atoms with Crippen LogP contribution >= 0.6 is 0 Å². The summed E-state index contributed by atoms with van der Waals surface area (Å²) in [6.07, 6.45) is 2.13. The fraction of sp³-hybridized carbons (Fsp3) is 0.217. The molecule has 8 heteroatoms. The van der Waals surface area contributed by atoms with Crippen LogP contribution in [0.4, 0.5) is 5.95 Å². The van der Waals surface area contributed by atoms with Crippen molar-refractivity contribution >= 4 is 22.6 Å². The van der Waals surface area contributed by atoms with Crippen molar-refractivity contribution in [1.29, 1.82) is 0 Å². The van der Waals surface area contributed by atoms with E-state index in [1.165, 1.54) is 0 Å². The lowest BCUT2D eigenvalue weighted by Gasteiger charge is -2.14. The minimum Gasteiger partial charge on any atom is -0.497 e. The molecule has 158 valence electrons. The van der Waals surface area contributed by atoms with Gasteiger partial charge in [-0.15, -0.1) is 5.10 Å². The predicted octanol–water partition coefficient (Wildman–Crippen LogP) is 3.55. The summed E-state index contributed by atoms with van der Waals surface area (Å²) in [7, 11) is 1.62. The van der Waals surface area contributed by atoms with Crippen LogP contribution in [0.3, 0.4) is 0 Å². The molecule has 4 rings (SSSR count). The zero-order valence-corrected chi connectivity index (χ0v) is 17.5. The normalized spacial score (nSPS) is 11.1. The molecule has 0 atom stereocenters. The molecule has 4 aromatic rings. The first-order valence-electron chi connectivity index (χ1n) is 9.95. The van der Waals surface area contributed by atoms with Gasteiger partial charge in [0.05, 0.1) is 12.7 Å². The molecule has 0 aliphatic carbocycles. The van der Waals surface area contributed by atoms with E-state index >= 15 is 0 Å². The number of nitrogens with one attached hydrogen (secondary N) is 2. The van der Waals surface area contributed by atoms with E-state index in [0.29, 0.717) is 28.6 Å². The molecule has 0 aliphatic rings. The Morgan fingerprint density at radius 2 is 1.84 bits per heavy atom. The van der Waals surface area contributed by atoms with Crippen LogP contribution in [0.25, 0.3) is 10.8 Å². The maximum absolute atomic E-state index is 13.0. The molecule has 31 heavy (non-hydrogen) atoms. The van der Waals surface area contributed by atoms with Crippen LogP contribution in [-0.4, -0.2) is 32.8 Å². The number of methoxy groups -OCH3 is 1. The molecule has 0 saturated heterocycles. The van der Waals surface area contributed by atoms with Gasteiger partial charge in [-0.25, -0.2) is 0 Å². The summed E-state index contributed by atoms with van der Waals surface area (Å²) in [4.78, 5) is 30.1. The van der Waals surface area contributed by atoms with Crippen molar-refractivity contribution in [3.8, 4) is 5.75 Å². The number of H-pyrrole nitrogens is 1. The summed E-state index contributed by atoms with van der Waals surface area (Å²) in [5, 5.41) is 10.8. The monoisotopic (exact) mass is 417 g/mol. The SMILES string of the molecule is COc1ccc(Cc2nc(NC(=O)c3cn(C(C)C)c(=O)c4ccccc34)n[nH]2)cc1. The second kappa shape index (κ2) is 8.43. The van der Waals surface area contributed by atoms with Crippen molar-refractivity contribution in [2.75, 3.05) is 12.4 Å². The van der Waals surface area contributed by atoms with Crippen molar-refractivity contribution in [3.63, 3.8) is 0 Å². The number of ether oxygens (including phenoxy) is 1. The summed E-state index contributed by atoms with van der Waals surface area (Å²) in [5.41, 5.74) is 1.30. The number of nitrogens with zero attached hydrogens (tertiary/aromatic N) is 3. The van der Waals surface area contributed by atoms with Crippen molar-refractivity contribution in [2.24, 2.45) is 0 Å². The fourth-order valence-electron chi connectivity index (χ4n) is 3.41. The van der Waals surface area contributed by atoms with Gasteiger partial charge in [-0.3, -0.25) is 20.0 Å². The first-order valence-corrected chi connectivity index (χ1v) is 9.95. The number of benzene rings is 2. The van der Waals surface area contributed by atoms with Gasteiger partial charge in [0.1, 0.15) is 11.6 Å². The van der Waals surface area contributed by atoms with Crippen LogP contribution in [0.15, 0.2) is 59.5 Å². The molecule has 0 saturated carbocycles. The lowest BCUT2D eigenvalue weighted by molar-refractivity contribution is 0.102. The summed E-state index contributed by atoms with van der Waals surface area (Å²) in [6.45, 7) is 3.80. The molecular weight excluding hydrogens is 394 g/mol. The van der Waals surface area contributed by atoms with Gasteiger partial charge in [-0.05, 0) is 37.6 Å². The van der Waals surface area contributed by atoms with E-state index in [0.717, 1.165) is 11.3 Å².